The second-order valence-corrected chi connectivity index (χ2v) is 10.2. The number of morpholine rings is 1. The summed E-state index contributed by atoms with van der Waals surface area (Å²) in [5, 5.41) is 5.03. The highest BCUT2D eigenvalue weighted by Gasteiger charge is 2.40. The molecule has 2 aliphatic rings. The summed E-state index contributed by atoms with van der Waals surface area (Å²) >= 11 is 2.45. The van der Waals surface area contributed by atoms with Crippen LogP contribution in [0.15, 0.2) is 35.5 Å². The monoisotopic (exact) mass is 557 g/mol. The molecule has 200 valence electrons. The van der Waals surface area contributed by atoms with Crippen LogP contribution in [-0.2, 0) is 20.4 Å². The van der Waals surface area contributed by atoms with Crippen molar-refractivity contribution in [1.82, 2.24) is 4.98 Å². The van der Waals surface area contributed by atoms with Gasteiger partial charge in [-0.1, -0.05) is 11.8 Å². The van der Waals surface area contributed by atoms with Gasteiger partial charge in [0.15, 0.2) is 0 Å². The van der Waals surface area contributed by atoms with E-state index >= 15 is 0 Å². The number of carbonyl (C=O) groups excluding carboxylic acids is 1. The molecule has 1 aromatic carbocycles. The van der Waals surface area contributed by atoms with E-state index < -0.39 is 29.1 Å². The third-order valence-corrected chi connectivity index (χ3v) is 7.96. The van der Waals surface area contributed by atoms with Crippen molar-refractivity contribution in [2.75, 3.05) is 62.3 Å². The van der Waals surface area contributed by atoms with E-state index in [9.17, 15) is 18.0 Å². The average molecular weight is 558 g/mol. The predicted octanol–water partition coefficient (Wildman–Crippen LogP) is 4.43. The zero-order chi connectivity index (χ0) is 26.6. The Bertz CT molecular complexity index is 1160. The first-order chi connectivity index (χ1) is 17.7. The van der Waals surface area contributed by atoms with Gasteiger partial charge in [0.25, 0.3) is 0 Å². The molecule has 1 saturated heterocycles. The number of carbonyl (C=O) groups is 1. The highest BCUT2D eigenvalue weighted by atomic mass is 32.2. The van der Waals surface area contributed by atoms with Gasteiger partial charge in [0, 0.05) is 31.0 Å². The van der Waals surface area contributed by atoms with E-state index in [1.165, 1.54) is 32.0 Å². The van der Waals surface area contributed by atoms with Crippen molar-refractivity contribution in [2.24, 2.45) is 4.99 Å². The molecule has 2 N–H and O–H groups in total. The Morgan fingerprint density at radius 3 is 2.62 bits per heavy atom. The minimum Gasteiger partial charge on any atom is -0.495 e. The maximum Gasteiger partial charge on any atom is 0.419 e. The number of methoxy groups -OCH3 is 2. The van der Waals surface area contributed by atoms with E-state index in [1.54, 1.807) is 12.3 Å². The highest BCUT2D eigenvalue weighted by Crippen LogP contribution is 2.40. The lowest BCUT2D eigenvalue weighted by atomic mass is 10.2. The minimum absolute atomic E-state index is 0.155. The van der Waals surface area contributed by atoms with Crippen LogP contribution in [0.2, 0.25) is 0 Å². The van der Waals surface area contributed by atoms with E-state index in [0.717, 1.165) is 36.7 Å². The van der Waals surface area contributed by atoms with Crippen LogP contribution in [0.3, 0.4) is 0 Å². The zero-order valence-electron chi connectivity index (χ0n) is 20.3. The van der Waals surface area contributed by atoms with Gasteiger partial charge in [-0.05, 0) is 24.5 Å². The number of alkyl halides is 3. The molecule has 0 bridgehead atoms. The Balaban J connectivity index is 1.66. The molecule has 0 amide bonds. The second-order valence-electron chi connectivity index (χ2n) is 7.97. The highest BCUT2D eigenvalue weighted by molar-refractivity contribution is 8.39. The number of benzene rings is 1. The zero-order valence-corrected chi connectivity index (χ0v) is 21.9. The standard InChI is InChI=1S/C23H26F3N5O4S2/c1-33-17-5-4-13(31-6-8-35-9-7-31)10-16(17)28-18-11-15(14(12-27-18)23(24,25)26)29-20-19(21(32)34-2)37-22(30-20)36-3/h4-5,10-12,19-20H,6-9H2,1-3H3,(H2,27,28,29). The van der Waals surface area contributed by atoms with Crippen LogP contribution in [-0.4, -0.2) is 73.5 Å². The molecule has 2 aromatic rings. The second kappa shape index (κ2) is 11.7. The number of rotatable bonds is 7. The van der Waals surface area contributed by atoms with Gasteiger partial charge in [-0.3, -0.25) is 4.79 Å². The number of anilines is 4. The summed E-state index contributed by atoms with van der Waals surface area (Å²) in [5.41, 5.74) is 0.211. The molecule has 0 saturated carbocycles. The Morgan fingerprint density at radius 1 is 1.22 bits per heavy atom. The number of ether oxygens (including phenoxy) is 3. The van der Waals surface area contributed by atoms with Crippen molar-refractivity contribution in [3.05, 3.63) is 36.0 Å². The summed E-state index contributed by atoms with van der Waals surface area (Å²) < 4.78 is 57.8. The molecule has 4 rings (SSSR count). The third kappa shape index (κ3) is 6.36. The lowest BCUT2D eigenvalue weighted by Gasteiger charge is -2.29. The Morgan fingerprint density at radius 2 is 1.97 bits per heavy atom. The number of nitrogens with zero attached hydrogens (tertiary/aromatic N) is 3. The van der Waals surface area contributed by atoms with Gasteiger partial charge in [0.1, 0.15) is 27.4 Å². The van der Waals surface area contributed by atoms with E-state index in [0.29, 0.717) is 29.0 Å². The largest absolute Gasteiger partial charge is 0.495 e. The van der Waals surface area contributed by atoms with Crippen LogP contribution in [0, 0.1) is 0 Å². The van der Waals surface area contributed by atoms with Crippen LogP contribution < -0.4 is 20.3 Å². The van der Waals surface area contributed by atoms with Crippen molar-refractivity contribution in [3.8, 4) is 5.75 Å². The number of thioether (sulfide) groups is 2. The molecular weight excluding hydrogens is 531 g/mol. The number of aliphatic imine (C=N–C) groups is 1. The topological polar surface area (TPSA) is 97.3 Å². The smallest absolute Gasteiger partial charge is 0.419 e. The van der Waals surface area contributed by atoms with Crippen LogP contribution in [0.1, 0.15) is 5.56 Å². The van der Waals surface area contributed by atoms with Gasteiger partial charge in [-0.15, -0.1) is 11.8 Å². The Kier molecular flexibility index (Phi) is 8.60. The molecule has 37 heavy (non-hydrogen) atoms. The Hall–Kier alpha value is -2.84. The normalized spacial score (nSPS) is 19.8. The van der Waals surface area contributed by atoms with Gasteiger partial charge in [0.05, 0.1) is 44.4 Å². The number of hydrogen-bond donors (Lipinski definition) is 2. The molecule has 1 aromatic heterocycles. The van der Waals surface area contributed by atoms with E-state index in [1.807, 2.05) is 12.1 Å². The van der Waals surface area contributed by atoms with Crippen molar-refractivity contribution in [1.29, 1.82) is 0 Å². The van der Waals surface area contributed by atoms with E-state index in [2.05, 4.69) is 25.5 Å². The molecule has 2 unspecified atom stereocenters. The average Bonchev–Trinajstić information content (AvgIpc) is 3.31. The summed E-state index contributed by atoms with van der Waals surface area (Å²) in [6.45, 7) is 2.66. The van der Waals surface area contributed by atoms with E-state index in [-0.39, 0.29) is 11.5 Å². The third-order valence-electron chi connectivity index (χ3n) is 5.70. The van der Waals surface area contributed by atoms with Gasteiger partial charge in [-0.25, -0.2) is 9.98 Å². The van der Waals surface area contributed by atoms with Crippen molar-refractivity contribution in [3.63, 3.8) is 0 Å². The van der Waals surface area contributed by atoms with Crippen LogP contribution >= 0.6 is 23.5 Å². The quantitative estimate of drug-likeness (QED) is 0.476. The number of halogens is 3. The van der Waals surface area contributed by atoms with Crippen LogP contribution in [0.4, 0.5) is 36.1 Å². The first-order valence-electron chi connectivity index (χ1n) is 11.2. The minimum atomic E-state index is -4.68. The maximum absolute atomic E-state index is 13.9. The number of esters is 1. The van der Waals surface area contributed by atoms with Gasteiger partial charge in [0.2, 0.25) is 0 Å². The summed E-state index contributed by atoms with van der Waals surface area (Å²) in [6.07, 6.45) is -3.11. The predicted molar refractivity (Wildman–Crippen MR) is 140 cm³/mol. The summed E-state index contributed by atoms with van der Waals surface area (Å²) in [5.74, 6) is 0.0727. The molecular formula is C23H26F3N5O4S2. The van der Waals surface area contributed by atoms with Crippen molar-refractivity contribution < 1.29 is 32.2 Å². The first kappa shape index (κ1) is 27.2. The number of pyridine rings is 1. The molecule has 3 heterocycles. The Labute approximate surface area is 220 Å². The molecule has 9 nitrogen and oxygen atoms in total. The van der Waals surface area contributed by atoms with Crippen molar-refractivity contribution in [2.45, 2.75) is 17.6 Å². The number of aromatic nitrogens is 1. The molecule has 0 radical (unpaired) electrons. The molecule has 2 atom stereocenters. The van der Waals surface area contributed by atoms with Crippen molar-refractivity contribution >= 4 is 56.7 Å². The van der Waals surface area contributed by atoms with Gasteiger partial charge in [-0.2, -0.15) is 13.2 Å². The van der Waals surface area contributed by atoms with Crippen LogP contribution in [0.25, 0.3) is 0 Å². The molecule has 0 aliphatic carbocycles. The lowest BCUT2D eigenvalue weighted by molar-refractivity contribution is -0.140. The van der Waals surface area contributed by atoms with Gasteiger partial charge >= 0.3 is 12.1 Å². The first-order valence-corrected chi connectivity index (χ1v) is 13.3. The fraction of sp³-hybridized carbons (Fsp3) is 0.435. The number of hydrogen-bond acceptors (Lipinski definition) is 11. The maximum atomic E-state index is 13.9. The lowest BCUT2D eigenvalue weighted by Crippen LogP contribution is -2.36. The summed E-state index contributed by atoms with van der Waals surface area (Å²) in [4.78, 5) is 22.8. The SMILES string of the molecule is COC(=O)C1SC(SC)=NC1Nc1cc(Nc2cc(N3CCOCC3)ccc2OC)ncc1C(F)(F)F. The molecule has 2 aliphatic heterocycles. The summed E-state index contributed by atoms with van der Waals surface area (Å²) in [7, 11) is 2.74. The van der Waals surface area contributed by atoms with Gasteiger partial charge < -0.3 is 29.7 Å². The van der Waals surface area contributed by atoms with E-state index in [4.69, 9.17) is 14.2 Å². The fourth-order valence-corrected chi connectivity index (χ4v) is 5.62. The number of nitrogens with one attached hydrogen (secondary N) is 2. The summed E-state index contributed by atoms with van der Waals surface area (Å²) in [6, 6.07) is 6.79. The molecule has 0 spiro atoms. The fourth-order valence-electron chi connectivity index (χ4n) is 3.86. The molecule has 1 fully saturated rings. The molecule has 14 heteroatoms. The van der Waals surface area contributed by atoms with Crippen LogP contribution in [0.5, 0.6) is 5.75 Å².